The molecule has 1 aliphatic rings. The second-order valence-corrected chi connectivity index (χ2v) is 4.97. The Balaban J connectivity index is 2.37. The van der Waals surface area contributed by atoms with E-state index in [-0.39, 0.29) is 5.91 Å². The van der Waals surface area contributed by atoms with Crippen LogP contribution in [0.25, 0.3) is 6.08 Å². The lowest BCUT2D eigenvalue weighted by Crippen LogP contribution is -2.30. The number of aryl methyl sites for hydroxylation is 1. The molecule has 1 aromatic rings. The molecule has 0 radical (unpaired) electrons. The van der Waals surface area contributed by atoms with E-state index in [4.69, 9.17) is 12.2 Å². The first-order chi connectivity index (χ1) is 8.58. The summed E-state index contributed by atoms with van der Waals surface area (Å²) in [6.45, 7) is 5.19. The Morgan fingerprint density at radius 2 is 2.22 bits per heavy atom. The van der Waals surface area contributed by atoms with Gasteiger partial charge in [-0.3, -0.25) is 14.4 Å². The van der Waals surface area contributed by atoms with E-state index in [9.17, 15) is 4.79 Å². The largest absolute Gasteiger partial charge is 0.328 e. The van der Waals surface area contributed by atoms with Crippen molar-refractivity contribution in [3.8, 4) is 0 Å². The first-order valence-corrected chi connectivity index (χ1v) is 6.84. The van der Waals surface area contributed by atoms with Crippen molar-refractivity contribution < 1.29 is 4.79 Å². The summed E-state index contributed by atoms with van der Waals surface area (Å²) in [6, 6.07) is 0. The van der Waals surface area contributed by atoms with E-state index < -0.39 is 0 Å². The minimum atomic E-state index is -0.0988. The molecule has 1 fully saturated rings. The van der Waals surface area contributed by atoms with Gasteiger partial charge in [-0.05, 0) is 48.1 Å². The Kier molecular flexibility index (Phi) is 3.82. The molecule has 7 heteroatoms. The number of carbonyl (C=O) groups is 1. The normalized spacial score (nSPS) is 17.7. The van der Waals surface area contributed by atoms with Crippen molar-refractivity contribution in [2.75, 3.05) is 6.54 Å². The zero-order valence-electron chi connectivity index (χ0n) is 10.1. The van der Waals surface area contributed by atoms with Crippen molar-refractivity contribution in [1.29, 1.82) is 0 Å². The summed E-state index contributed by atoms with van der Waals surface area (Å²) in [5.74, 6) is -0.0988. The average Bonchev–Trinajstić information content (AvgIpc) is 2.82. The SMILES string of the molecule is CCN1C(=O)/C(=C\c2c(Br)cnn2CC)NC1=S. The van der Waals surface area contributed by atoms with E-state index in [2.05, 4.69) is 26.3 Å². The van der Waals surface area contributed by atoms with Gasteiger partial charge in [0.05, 0.1) is 16.4 Å². The van der Waals surface area contributed by atoms with E-state index in [1.807, 2.05) is 18.5 Å². The van der Waals surface area contributed by atoms with Crippen LogP contribution >= 0.6 is 28.1 Å². The molecular weight excluding hydrogens is 316 g/mol. The number of nitrogens with zero attached hydrogens (tertiary/aromatic N) is 3. The molecule has 1 aromatic heterocycles. The molecule has 0 bridgehead atoms. The Morgan fingerprint density at radius 1 is 1.50 bits per heavy atom. The minimum absolute atomic E-state index is 0.0988. The van der Waals surface area contributed by atoms with Gasteiger partial charge in [0.25, 0.3) is 5.91 Å². The highest BCUT2D eigenvalue weighted by Gasteiger charge is 2.29. The fourth-order valence-electron chi connectivity index (χ4n) is 1.76. The maximum atomic E-state index is 12.0. The molecule has 1 N–H and O–H groups in total. The number of nitrogens with one attached hydrogen (secondary N) is 1. The van der Waals surface area contributed by atoms with Crippen LogP contribution in [-0.2, 0) is 11.3 Å². The van der Waals surface area contributed by atoms with Gasteiger partial charge in [-0.15, -0.1) is 0 Å². The average molecular weight is 329 g/mol. The lowest BCUT2D eigenvalue weighted by Gasteiger charge is -2.08. The highest BCUT2D eigenvalue weighted by atomic mass is 79.9. The van der Waals surface area contributed by atoms with Crippen LogP contribution in [0, 0.1) is 0 Å². The van der Waals surface area contributed by atoms with E-state index in [0.29, 0.717) is 17.4 Å². The van der Waals surface area contributed by atoms with E-state index >= 15 is 0 Å². The Labute approximate surface area is 119 Å². The predicted molar refractivity (Wildman–Crippen MR) is 76.7 cm³/mol. The summed E-state index contributed by atoms with van der Waals surface area (Å²) in [5.41, 5.74) is 1.34. The number of hydrogen-bond acceptors (Lipinski definition) is 3. The molecule has 2 rings (SSSR count). The van der Waals surface area contributed by atoms with Crippen LogP contribution in [0.4, 0.5) is 0 Å². The Morgan fingerprint density at radius 3 is 2.78 bits per heavy atom. The summed E-state index contributed by atoms with van der Waals surface area (Å²) < 4.78 is 2.66. The standard InChI is InChI=1S/C11H13BrN4OS/c1-3-15-10(17)8(14-11(15)18)5-9-7(12)6-13-16(9)4-2/h5-6H,3-4H2,1-2H3,(H,14,18)/b8-5+. The lowest BCUT2D eigenvalue weighted by atomic mass is 10.3. The molecule has 1 amide bonds. The number of likely N-dealkylation sites (N-methyl/N-ethyl adjacent to an activating group) is 1. The third-order valence-electron chi connectivity index (χ3n) is 2.69. The molecule has 0 saturated carbocycles. The molecule has 1 aliphatic heterocycles. The monoisotopic (exact) mass is 328 g/mol. The van der Waals surface area contributed by atoms with Crippen LogP contribution in [0.5, 0.6) is 0 Å². The van der Waals surface area contributed by atoms with Gasteiger partial charge >= 0.3 is 0 Å². The molecular formula is C11H13BrN4OS. The number of halogens is 1. The highest BCUT2D eigenvalue weighted by molar-refractivity contribution is 9.10. The molecule has 96 valence electrons. The number of carbonyl (C=O) groups excluding carboxylic acids is 1. The smallest absolute Gasteiger partial charge is 0.276 e. The second kappa shape index (κ2) is 5.19. The lowest BCUT2D eigenvalue weighted by molar-refractivity contribution is -0.122. The van der Waals surface area contributed by atoms with Gasteiger partial charge in [-0.1, -0.05) is 0 Å². The van der Waals surface area contributed by atoms with Crippen LogP contribution in [-0.4, -0.2) is 32.2 Å². The molecule has 2 heterocycles. The van der Waals surface area contributed by atoms with Gasteiger partial charge in [0.2, 0.25) is 0 Å². The summed E-state index contributed by atoms with van der Waals surface area (Å²) in [5, 5.41) is 7.58. The van der Waals surface area contributed by atoms with Crippen molar-refractivity contribution in [1.82, 2.24) is 20.0 Å². The molecule has 0 aliphatic carbocycles. The van der Waals surface area contributed by atoms with Crippen LogP contribution in [0.3, 0.4) is 0 Å². The number of hydrogen-bond donors (Lipinski definition) is 1. The summed E-state index contributed by atoms with van der Waals surface area (Å²) >= 11 is 8.52. The van der Waals surface area contributed by atoms with E-state index in [1.165, 1.54) is 4.90 Å². The quantitative estimate of drug-likeness (QED) is 0.678. The maximum Gasteiger partial charge on any atom is 0.276 e. The van der Waals surface area contributed by atoms with Crippen LogP contribution in [0.1, 0.15) is 19.5 Å². The van der Waals surface area contributed by atoms with Gasteiger partial charge in [-0.25, -0.2) is 0 Å². The number of amides is 1. The first-order valence-electron chi connectivity index (χ1n) is 5.64. The molecule has 18 heavy (non-hydrogen) atoms. The Bertz CT molecular complexity index is 537. The number of rotatable bonds is 3. The third-order valence-corrected chi connectivity index (χ3v) is 3.63. The first kappa shape index (κ1) is 13.2. The van der Waals surface area contributed by atoms with Gasteiger partial charge in [0.15, 0.2) is 5.11 Å². The molecule has 0 aromatic carbocycles. The Hall–Kier alpha value is -1.21. The predicted octanol–water partition coefficient (Wildman–Crippen LogP) is 1.74. The third kappa shape index (κ3) is 2.20. The second-order valence-electron chi connectivity index (χ2n) is 3.73. The van der Waals surface area contributed by atoms with Crippen molar-refractivity contribution in [2.45, 2.75) is 20.4 Å². The number of thiocarbonyl (C=S) groups is 1. The highest BCUT2D eigenvalue weighted by Crippen LogP contribution is 2.21. The van der Waals surface area contributed by atoms with Gasteiger partial charge in [0.1, 0.15) is 5.70 Å². The van der Waals surface area contributed by atoms with Crippen molar-refractivity contribution >= 4 is 45.2 Å². The summed E-state index contributed by atoms with van der Waals surface area (Å²) in [4.78, 5) is 13.6. The van der Waals surface area contributed by atoms with Crippen molar-refractivity contribution in [3.63, 3.8) is 0 Å². The molecule has 1 saturated heterocycles. The zero-order valence-corrected chi connectivity index (χ0v) is 12.5. The fraction of sp³-hybridized carbons (Fsp3) is 0.364. The van der Waals surface area contributed by atoms with Gasteiger partial charge < -0.3 is 5.32 Å². The van der Waals surface area contributed by atoms with Crippen LogP contribution in [0.15, 0.2) is 16.4 Å². The molecule has 0 atom stereocenters. The van der Waals surface area contributed by atoms with E-state index in [1.54, 1.807) is 12.3 Å². The van der Waals surface area contributed by atoms with Crippen molar-refractivity contribution in [3.05, 3.63) is 22.1 Å². The van der Waals surface area contributed by atoms with Crippen molar-refractivity contribution in [2.24, 2.45) is 0 Å². The summed E-state index contributed by atoms with van der Waals surface area (Å²) in [7, 11) is 0. The molecule has 0 unspecified atom stereocenters. The minimum Gasteiger partial charge on any atom is -0.328 e. The molecule has 5 nitrogen and oxygen atoms in total. The fourth-order valence-corrected chi connectivity index (χ4v) is 2.50. The zero-order chi connectivity index (χ0) is 13.3. The van der Waals surface area contributed by atoms with Gasteiger partial charge in [0, 0.05) is 13.1 Å². The molecule has 0 spiro atoms. The van der Waals surface area contributed by atoms with Crippen LogP contribution < -0.4 is 5.32 Å². The maximum absolute atomic E-state index is 12.0. The number of aromatic nitrogens is 2. The van der Waals surface area contributed by atoms with Crippen LogP contribution in [0.2, 0.25) is 0 Å². The van der Waals surface area contributed by atoms with E-state index in [0.717, 1.165) is 16.7 Å². The topological polar surface area (TPSA) is 50.2 Å². The summed E-state index contributed by atoms with van der Waals surface area (Å²) in [6.07, 6.45) is 3.48. The van der Waals surface area contributed by atoms with Gasteiger partial charge in [-0.2, -0.15) is 5.10 Å².